The summed E-state index contributed by atoms with van der Waals surface area (Å²) >= 11 is 1.26. The van der Waals surface area contributed by atoms with E-state index in [4.69, 9.17) is 9.84 Å². The standard InChI is InChI=1S/C15H13NO4S/c1-8-6-10(15(18)19)14(21-8)16-13(17)11-7-20-12-5-3-2-4-9(11)12/h2-6,11H,7H2,1H3,(H,16,17)(H,18,19). The number of hydrogen-bond acceptors (Lipinski definition) is 4. The van der Waals surface area contributed by atoms with Gasteiger partial charge < -0.3 is 15.2 Å². The molecule has 1 aromatic carbocycles. The lowest BCUT2D eigenvalue weighted by Crippen LogP contribution is -2.22. The Bertz CT molecular complexity index is 722. The van der Waals surface area contributed by atoms with Crippen LogP contribution >= 0.6 is 11.3 Å². The van der Waals surface area contributed by atoms with E-state index in [9.17, 15) is 9.59 Å². The molecule has 5 nitrogen and oxygen atoms in total. The van der Waals surface area contributed by atoms with E-state index >= 15 is 0 Å². The molecule has 3 rings (SSSR count). The van der Waals surface area contributed by atoms with Crippen LogP contribution in [0, 0.1) is 6.92 Å². The fraction of sp³-hybridized carbons (Fsp3) is 0.200. The number of para-hydroxylation sites is 1. The molecule has 1 aliphatic rings. The summed E-state index contributed by atoms with van der Waals surface area (Å²) in [6.45, 7) is 2.08. The van der Waals surface area contributed by atoms with Crippen molar-refractivity contribution in [1.82, 2.24) is 0 Å². The molecule has 0 bridgehead atoms. The van der Waals surface area contributed by atoms with E-state index < -0.39 is 11.9 Å². The Hall–Kier alpha value is -2.34. The van der Waals surface area contributed by atoms with E-state index in [1.165, 1.54) is 11.3 Å². The van der Waals surface area contributed by atoms with Crippen LogP contribution in [0.25, 0.3) is 0 Å². The summed E-state index contributed by atoms with van der Waals surface area (Å²) in [5.41, 5.74) is 0.957. The summed E-state index contributed by atoms with van der Waals surface area (Å²) in [5.74, 6) is -0.995. The van der Waals surface area contributed by atoms with Crippen LogP contribution in [-0.2, 0) is 4.79 Å². The molecule has 0 radical (unpaired) electrons. The number of amides is 1. The number of nitrogens with one attached hydrogen (secondary N) is 1. The van der Waals surface area contributed by atoms with Crippen molar-refractivity contribution in [2.75, 3.05) is 11.9 Å². The highest BCUT2D eigenvalue weighted by Crippen LogP contribution is 2.35. The predicted octanol–water partition coefficient (Wildman–Crippen LogP) is 2.87. The van der Waals surface area contributed by atoms with Gasteiger partial charge >= 0.3 is 5.97 Å². The van der Waals surface area contributed by atoms with Crippen molar-refractivity contribution >= 4 is 28.2 Å². The van der Waals surface area contributed by atoms with Crippen molar-refractivity contribution < 1.29 is 19.4 Å². The van der Waals surface area contributed by atoms with Crippen LogP contribution in [0.15, 0.2) is 30.3 Å². The zero-order valence-electron chi connectivity index (χ0n) is 11.3. The lowest BCUT2D eigenvalue weighted by Gasteiger charge is -2.09. The lowest BCUT2D eigenvalue weighted by atomic mass is 10.0. The van der Waals surface area contributed by atoms with Crippen LogP contribution in [0.1, 0.15) is 26.7 Å². The van der Waals surface area contributed by atoms with Gasteiger partial charge in [-0.3, -0.25) is 4.79 Å². The first-order chi connectivity index (χ1) is 10.1. The Labute approximate surface area is 125 Å². The van der Waals surface area contributed by atoms with Crippen LogP contribution < -0.4 is 10.1 Å². The van der Waals surface area contributed by atoms with E-state index in [1.807, 2.05) is 24.3 Å². The first kappa shape index (κ1) is 13.6. The minimum absolute atomic E-state index is 0.123. The van der Waals surface area contributed by atoms with Crippen molar-refractivity contribution in [2.45, 2.75) is 12.8 Å². The van der Waals surface area contributed by atoms with E-state index in [2.05, 4.69) is 5.32 Å². The van der Waals surface area contributed by atoms with Crippen LogP contribution in [0.2, 0.25) is 0 Å². The van der Waals surface area contributed by atoms with E-state index in [-0.39, 0.29) is 18.1 Å². The Morgan fingerprint density at radius 3 is 2.90 bits per heavy atom. The number of fused-ring (bicyclic) bond motifs is 1. The van der Waals surface area contributed by atoms with Crippen LogP contribution in [0.4, 0.5) is 5.00 Å². The number of hydrogen-bond donors (Lipinski definition) is 2. The number of anilines is 1. The van der Waals surface area contributed by atoms with Gasteiger partial charge in [0.25, 0.3) is 0 Å². The largest absolute Gasteiger partial charge is 0.492 e. The molecular weight excluding hydrogens is 290 g/mol. The Balaban J connectivity index is 1.84. The van der Waals surface area contributed by atoms with Gasteiger partial charge in [0.05, 0.1) is 5.56 Å². The summed E-state index contributed by atoms with van der Waals surface area (Å²) in [5, 5.41) is 12.2. The van der Waals surface area contributed by atoms with Crippen molar-refractivity contribution in [1.29, 1.82) is 0 Å². The highest BCUT2D eigenvalue weighted by atomic mass is 32.1. The lowest BCUT2D eigenvalue weighted by molar-refractivity contribution is -0.117. The Kier molecular flexibility index (Phi) is 3.39. The summed E-state index contributed by atoms with van der Waals surface area (Å²) < 4.78 is 5.48. The molecule has 6 heteroatoms. The van der Waals surface area contributed by atoms with Gasteiger partial charge in [0, 0.05) is 10.4 Å². The quantitative estimate of drug-likeness (QED) is 0.914. The topological polar surface area (TPSA) is 75.6 Å². The smallest absolute Gasteiger partial charge is 0.338 e. The molecule has 2 heterocycles. The molecule has 21 heavy (non-hydrogen) atoms. The van der Waals surface area contributed by atoms with Crippen LogP contribution in [-0.4, -0.2) is 23.6 Å². The first-order valence-corrected chi connectivity index (χ1v) is 7.24. The van der Waals surface area contributed by atoms with Gasteiger partial charge in [-0.15, -0.1) is 11.3 Å². The van der Waals surface area contributed by atoms with Crippen molar-refractivity contribution in [3.8, 4) is 5.75 Å². The number of rotatable bonds is 3. The third-order valence-electron chi connectivity index (χ3n) is 3.34. The first-order valence-electron chi connectivity index (χ1n) is 6.42. The number of carboxylic acids is 1. The van der Waals surface area contributed by atoms with Gasteiger partial charge in [0.15, 0.2) is 0 Å². The van der Waals surface area contributed by atoms with Gasteiger partial charge in [-0.1, -0.05) is 18.2 Å². The second kappa shape index (κ2) is 5.21. The highest BCUT2D eigenvalue weighted by molar-refractivity contribution is 7.16. The van der Waals surface area contributed by atoms with Gasteiger partial charge in [0.2, 0.25) is 5.91 Å². The zero-order valence-corrected chi connectivity index (χ0v) is 12.1. The summed E-state index contributed by atoms with van der Waals surface area (Å²) in [6, 6.07) is 8.93. The molecule has 1 aromatic heterocycles. The molecule has 2 N–H and O–H groups in total. The molecular formula is C15H13NO4S. The molecule has 1 unspecified atom stereocenters. The van der Waals surface area contributed by atoms with Gasteiger partial charge in [-0.2, -0.15) is 0 Å². The maximum Gasteiger partial charge on any atom is 0.338 e. The molecule has 0 spiro atoms. The van der Waals surface area contributed by atoms with Crippen LogP contribution in [0.5, 0.6) is 5.75 Å². The number of carbonyl (C=O) groups excluding carboxylic acids is 1. The fourth-order valence-electron chi connectivity index (χ4n) is 2.34. The maximum atomic E-state index is 12.4. The number of thiophene rings is 1. The second-order valence-electron chi connectivity index (χ2n) is 4.80. The number of aromatic carboxylic acids is 1. The van der Waals surface area contributed by atoms with Crippen molar-refractivity contribution in [3.63, 3.8) is 0 Å². The molecule has 1 atom stereocenters. The number of aryl methyl sites for hydroxylation is 1. The Morgan fingerprint density at radius 1 is 1.38 bits per heavy atom. The Morgan fingerprint density at radius 2 is 2.14 bits per heavy atom. The average molecular weight is 303 g/mol. The van der Waals surface area contributed by atoms with Crippen molar-refractivity contribution in [3.05, 3.63) is 46.3 Å². The monoisotopic (exact) mass is 303 g/mol. The van der Waals surface area contributed by atoms with Gasteiger partial charge in [0.1, 0.15) is 23.3 Å². The molecule has 0 fully saturated rings. The molecule has 0 saturated carbocycles. The maximum absolute atomic E-state index is 12.4. The second-order valence-corrected chi connectivity index (χ2v) is 6.05. The molecule has 2 aromatic rings. The minimum atomic E-state index is -1.04. The zero-order chi connectivity index (χ0) is 15.0. The van der Waals surface area contributed by atoms with Crippen LogP contribution in [0.3, 0.4) is 0 Å². The molecule has 1 aliphatic heterocycles. The molecule has 0 aliphatic carbocycles. The fourth-order valence-corrected chi connectivity index (χ4v) is 3.25. The van der Waals surface area contributed by atoms with E-state index in [0.717, 1.165) is 10.4 Å². The summed E-state index contributed by atoms with van der Waals surface area (Å²) in [7, 11) is 0. The minimum Gasteiger partial charge on any atom is -0.492 e. The summed E-state index contributed by atoms with van der Waals surface area (Å²) in [4.78, 5) is 24.4. The van der Waals surface area contributed by atoms with Crippen molar-refractivity contribution in [2.24, 2.45) is 0 Å². The number of carbonyl (C=O) groups is 2. The number of benzene rings is 1. The van der Waals surface area contributed by atoms with E-state index in [1.54, 1.807) is 13.0 Å². The summed E-state index contributed by atoms with van der Waals surface area (Å²) in [6.07, 6.45) is 0. The molecule has 108 valence electrons. The van der Waals surface area contributed by atoms with E-state index in [0.29, 0.717) is 10.8 Å². The molecule has 0 saturated heterocycles. The van der Waals surface area contributed by atoms with Gasteiger partial charge in [-0.25, -0.2) is 4.79 Å². The third kappa shape index (κ3) is 2.50. The third-order valence-corrected chi connectivity index (χ3v) is 4.30. The number of carboxylic acid groups (broad SMARTS) is 1. The molecule has 1 amide bonds. The predicted molar refractivity (Wildman–Crippen MR) is 79.3 cm³/mol. The average Bonchev–Trinajstić information content (AvgIpc) is 3.02. The van der Waals surface area contributed by atoms with Gasteiger partial charge in [-0.05, 0) is 19.1 Å². The highest BCUT2D eigenvalue weighted by Gasteiger charge is 2.31. The SMILES string of the molecule is Cc1cc(C(=O)O)c(NC(=O)C2COc3ccccc32)s1. The normalized spacial score (nSPS) is 16.1. The number of ether oxygens (including phenoxy) is 1.